The molecule has 4 bridgehead atoms. The summed E-state index contributed by atoms with van der Waals surface area (Å²) in [5.74, 6) is 3.50. The van der Waals surface area contributed by atoms with Crippen molar-refractivity contribution in [3.63, 3.8) is 0 Å². The minimum atomic E-state index is 0.205. The van der Waals surface area contributed by atoms with Gasteiger partial charge in [-0.3, -0.25) is 0 Å². The first-order valence-corrected chi connectivity index (χ1v) is 19.5. The lowest BCUT2D eigenvalue weighted by Crippen LogP contribution is -2.55. The number of thiophene rings is 2. The zero-order valence-electron chi connectivity index (χ0n) is 26.7. The molecule has 2 heteroatoms. The molecule has 1 spiro atoms. The Bertz CT molecular complexity index is 2620. The summed E-state index contributed by atoms with van der Waals surface area (Å²) in [5.41, 5.74) is 12.0. The molecular weight excluding hydrogens is 617 g/mol. The van der Waals surface area contributed by atoms with Crippen LogP contribution >= 0.6 is 22.7 Å². The molecule has 48 heavy (non-hydrogen) atoms. The van der Waals surface area contributed by atoms with Gasteiger partial charge < -0.3 is 0 Å². The van der Waals surface area contributed by atoms with E-state index in [1.807, 2.05) is 22.7 Å². The van der Waals surface area contributed by atoms with Crippen LogP contribution in [0.5, 0.6) is 0 Å². The van der Waals surface area contributed by atoms with Crippen molar-refractivity contribution in [3.05, 3.63) is 132 Å². The number of hydrogen-bond acceptors (Lipinski definition) is 2. The maximum absolute atomic E-state index is 2.53. The monoisotopic (exact) mass is 650 g/mol. The van der Waals surface area contributed by atoms with Crippen molar-refractivity contribution in [1.82, 2.24) is 0 Å². The lowest BCUT2D eigenvalue weighted by Gasteiger charge is -2.61. The van der Waals surface area contributed by atoms with Gasteiger partial charge in [-0.2, -0.15) is 0 Å². The second-order valence-electron chi connectivity index (χ2n) is 15.2. The molecule has 0 N–H and O–H groups in total. The predicted molar refractivity (Wildman–Crippen MR) is 206 cm³/mol. The summed E-state index contributed by atoms with van der Waals surface area (Å²) < 4.78 is 5.52. The fourth-order valence-corrected chi connectivity index (χ4v) is 14.0. The number of rotatable bonds is 2. The van der Waals surface area contributed by atoms with Gasteiger partial charge in [0, 0.05) is 56.9 Å². The highest BCUT2D eigenvalue weighted by Gasteiger charge is 2.61. The lowest BCUT2D eigenvalue weighted by molar-refractivity contribution is -0.0399. The van der Waals surface area contributed by atoms with Crippen molar-refractivity contribution in [1.29, 1.82) is 0 Å². The van der Waals surface area contributed by atoms with Gasteiger partial charge in [0.15, 0.2) is 0 Å². The molecule has 0 radical (unpaired) electrons. The number of hydrogen-bond donors (Lipinski definition) is 0. The second kappa shape index (κ2) is 9.47. The average molecular weight is 651 g/mol. The van der Waals surface area contributed by atoms with Gasteiger partial charge in [-0.25, -0.2) is 0 Å². The Kier molecular flexibility index (Phi) is 5.26. The van der Waals surface area contributed by atoms with E-state index in [0.717, 1.165) is 23.7 Å². The average Bonchev–Trinajstić information content (AvgIpc) is 3.79. The lowest BCUT2D eigenvalue weighted by atomic mass is 9.43. The van der Waals surface area contributed by atoms with Gasteiger partial charge in [-0.15, -0.1) is 22.7 Å². The molecule has 4 saturated carbocycles. The van der Waals surface area contributed by atoms with E-state index >= 15 is 0 Å². The van der Waals surface area contributed by atoms with Gasteiger partial charge in [0.25, 0.3) is 0 Å². The van der Waals surface area contributed by atoms with Gasteiger partial charge in [0.05, 0.1) is 0 Å². The van der Waals surface area contributed by atoms with Gasteiger partial charge in [0.1, 0.15) is 0 Å². The Balaban J connectivity index is 1.06. The molecule has 0 saturated heterocycles. The Morgan fingerprint density at radius 1 is 0.438 bits per heavy atom. The topological polar surface area (TPSA) is 0 Å². The van der Waals surface area contributed by atoms with Crippen molar-refractivity contribution in [2.45, 2.75) is 37.5 Å². The third kappa shape index (κ3) is 3.31. The molecule has 0 amide bonds. The summed E-state index contributed by atoms with van der Waals surface area (Å²) in [4.78, 5) is 0. The van der Waals surface area contributed by atoms with Crippen LogP contribution in [-0.4, -0.2) is 0 Å². The van der Waals surface area contributed by atoms with Crippen LogP contribution in [0.2, 0.25) is 0 Å². The summed E-state index contributed by atoms with van der Waals surface area (Å²) in [6.45, 7) is 0. The Morgan fingerprint density at radius 2 is 1.00 bits per heavy atom. The highest BCUT2D eigenvalue weighted by Crippen LogP contribution is 2.70. The first kappa shape index (κ1) is 26.7. The van der Waals surface area contributed by atoms with E-state index in [2.05, 4.69) is 121 Å². The van der Waals surface area contributed by atoms with Crippen LogP contribution in [0.1, 0.15) is 43.2 Å². The van der Waals surface area contributed by atoms with Crippen LogP contribution in [0.3, 0.4) is 0 Å². The second-order valence-corrected chi connectivity index (χ2v) is 17.3. The quantitative estimate of drug-likeness (QED) is 0.175. The zero-order valence-corrected chi connectivity index (χ0v) is 28.3. The number of fused-ring (bicyclic) bond motifs is 9. The standard InChI is InChI=1S/C46H34S2/c1-3-15-39-37(9-1)43-31(10-7-16-40(43)46(39)29-21-26-20-27(23-29)24-30(46)22-26)28-18-19-42-38(25-28)36-14-6-13-35(45(36)48-42)34-12-5-11-33-32-8-2-4-17-41(32)47-44(33)34/h1-19,25-27,29-30H,20-24H2. The summed E-state index contributed by atoms with van der Waals surface area (Å²) in [6, 6.07) is 46.8. The molecule has 5 aliphatic rings. The largest absolute Gasteiger partial charge is 0.135 e. The summed E-state index contributed by atoms with van der Waals surface area (Å²) in [6.07, 6.45) is 7.20. The zero-order chi connectivity index (χ0) is 31.1. The van der Waals surface area contributed by atoms with Gasteiger partial charge in [0.2, 0.25) is 0 Å². The molecule has 5 aliphatic carbocycles. The van der Waals surface area contributed by atoms with E-state index in [1.165, 1.54) is 106 Å². The van der Waals surface area contributed by atoms with E-state index in [0.29, 0.717) is 0 Å². The molecule has 8 aromatic rings. The van der Waals surface area contributed by atoms with Gasteiger partial charge >= 0.3 is 0 Å². The van der Waals surface area contributed by atoms with Crippen LogP contribution in [0, 0.1) is 23.7 Å². The van der Waals surface area contributed by atoms with Crippen molar-refractivity contribution < 1.29 is 0 Å². The normalized spacial score (nSPS) is 25.2. The first-order chi connectivity index (χ1) is 23.8. The van der Waals surface area contributed by atoms with Crippen LogP contribution < -0.4 is 0 Å². The number of benzene rings is 6. The smallest absolute Gasteiger partial charge is 0.0434 e. The van der Waals surface area contributed by atoms with Gasteiger partial charge in [-0.05, 0) is 107 Å². The summed E-state index contributed by atoms with van der Waals surface area (Å²) in [5, 5.41) is 5.48. The molecule has 230 valence electrons. The Morgan fingerprint density at radius 3 is 1.77 bits per heavy atom. The van der Waals surface area contributed by atoms with Crippen molar-refractivity contribution in [2.75, 3.05) is 0 Å². The van der Waals surface area contributed by atoms with Crippen LogP contribution in [0.4, 0.5) is 0 Å². The third-order valence-electron chi connectivity index (χ3n) is 13.1. The Hall–Kier alpha value is -4.24. The molecule has 2 aromatic heterocycles. The molecule has 4 fully saturated rings. The maximum Gasteiger partial charge on any atom is 0.0434 e. The first-order valence-electron chi connectivity index (χ1n) is 17.9. The Labute approximate surface area is 288 Å². The van der Waals surface area contributed by atoms with E-state index in [9.17, 15) is 0 Å². The van der Waals surface area contributed by atoms with Crippen LogP contribution in [-0.2, 0) is 5.41 Å². The van der Waals surface area contributed by atoms with Crippen LogP contribution in [0.25, 0.3) is 73.7 Å². The molecule has 0 atom stereocenters. The van der Waals surface area contributed by atoms with Crippen molar-refractivity contribution in [3.8, 4) is 33.4 Å². The van der Waals surface area contributed by atoms with Crippen LogP contribution in [0.15, 0.2) is 121 Å². The van der Waals surface area contributed by atoms with E-state index in [4.69, 9.17) is 0 Å². The highest BCUT2D eigenvalue weighted by atomic mass is 32.1. The van der Waals surface area contributed by atoms with Crippen molar-refractivity contribution >= 4 is 63.0 Å². The van der Waals surface area contributed by atoms with E-state index in [1.54, 1.807) is 11.1 Å². The minimum absolute atomic E-state index is 0.205. The van der Waals surface area contributed by atoms with E-state index in [-0.39, 0.29) is 5.41 Å². The SMILES string of the molecule is c1ccc2c(c1)-c1c(-c3ccc4sc5c(-c6cccc7c6sc6ccccc67)cccc5c4c3)cccc1C21C2CC3CC(C2)CC1C3. The summed E-state index contributed by atoms with van der Waals surface area (Å²) >= 11 is 3.88. The van der Waals surface area contributed by atoms with Crippen molar-refractivity contribution in [2.24, 2.45) is 23.7 Å². The molecule has 6 aromatic carbocycles. The summed E-state index contributed by atoms with van der Waals surface area (Å²) in [7, 11) is 0. The molecule has 0 nitrogen and oxygen atoms in total. The molecular formula is C46H34S2. The molecule has 0 unspecified atom stereocenters. The maximum atomic E-state index is 2.53. The third-order valence-corrected chi connectivity index (χ3v) is 15.5. The molecule has 2 heterocycles. The fraction of sp³-hybridized carbons (Fsp3) is 0.217. The van der Waals surface area contributed by atoms with Gasteiger partial charge in [-0.1, -0.05) is 103 Å². The highest BCUT2D eigenvalue weighted by molar-refractivity contribution is 7.27. The fourth-order valence-electron chi connectivity index (χ4n) is 11.6. The minimum Gasteiger partial charge on any atom is -0.135 e. The molecule has 13 rings (SSSR count). The van der Waals surface area contributed by atoms with E-state index < -0.39 is 0 Å². The predicted octanol–water partition coefficient (Wildman–Crippen LogP) is 13.5. The molecule has 0 aliphatic heterocycles.